The van der Waals surface area contributed by atoms with Crippen LogP contribution >= 0.6 is 24.0 Å². The Bertz CT molecular complexity index is 2290. The van der Waals surface area contributed by atoms with Crippen molar-refractivity contribution in [3.63, 3.8) is 0 Å². The average molecular weight is 623 g/mol. The third-order valence-corrected chi connectivity index (χ3v) is 6.94. The third kappa shape index (κ3) is 6.93. The Labute approximate surface area is 248 Å². The molecule has 6 aromatic rings. The van der Waals surface area contributed by atoms with Crippen LogP contribution in [0.5, 0.6) is 0 Å². The van der Waals surface area contributed by atoms with Crippen molar-refractivity contribution in [1.29, 1.82) is 0 Å². The number of nitrogens with zero attached hydrogens (tertiary/aromatic N) is 1. The fourth-order valence-corrected chi connectivity index (χ4v) is 4.97. The van der Waals surface area contributed by atoms with Gasteiger partial charge >= 0.3 is 11.3 Å². The van der Waals surface area contributed by atoms with Gasteiger partial charge in [0.25, 0.3) is 11.1 Å². The van der Waals surface area contributed by atoms with E-state index >= 15 is 0 Å². The monoisotopic (exact) mass is 622 g/mol. The van der Waals surface area contributed by atoms with Crippen LogP contribution in [0.1, 0.15) is 22.3 Å². The fraction of sp³-hybridized carbons (Fsp3) is 0.103. The predicted octanol–water partition coefficient (Wildman–Crippen LogP) is 4.60. The Morgan fingerprint density at radius 2 is 1.33 bits per heavy atom. The molecular formula is C29H20F2N4O6S2. The molecule has 0 bridgehead atoms. The molecule has 0 aliphatic rings. The third-order valence-electron chi connectivity index (χ3n) is 6.16. The van der Waals surface area contributed by atoms with E-state index in [1.807, 2.05) is 0 Å². The second-order valence-electron chi connectivity index (χ2n) is 9.16. The minimum atomic E-state index is -0.606. The van der Waals surface area contributed by atoms with E-state index < -0.39 is 16.8 Å². The quantitative estimate of drug-likeness (QED) is 0.142. The van der Waals surface area contributed by atoms with E-state index in [0.717, 1.165) is 0 Å². The van der Waals surface area contributed by atoms with Crippen LogP contribution in [0.2, 0.25) is 0 Å². The minimum absolute atomic E-state index is 0.00740. The molecule has 0 spiro atoms. The van der Waals surface area contributed by atoms with Crippen LogP contribution in [-0.2, 0) is 12.8 Å². The maximum Gasteiger partial charge on any atom is 0.337 e. The van der Waals surface area contributed by atoms with Crippen molar-refractivity contribution in [1.82, 2.24) is 19.9 Å². The first-order valence-electron chi connectivity index (χ1n) is 12.5. The number of halogens is 2. The fourth-order valence-electron chi connectivity index (χ4n) is 4.42. The van der Waals surface area contributed by atoms with Crippen molar-refractivity contribution in [3.8, 4) is 0 Å². The summed E-state index contributed by atoms with van der Waals surface area (Å²) in [7, 11) is 0. The molecule has 0 amide bonds. The van der Waals surface area contributed by atoms with Crippen LogP contribution in [0, 0.1) is 16.4 Å². The van der Waals surface area contributed by atoms with Gasteiger partial charge in [-0.1, -0.05) is 36.0 Å². The van der Waals surface area contributed by atoms with E-state index in [9.17, 15) is 28.0 Å². The maximum atomic E-state index is 13.3. The Kier molecular flexibility index (Phi) is 8.59. The molecule has 2 aromatic carbocycles. The van der Waals surface area contributed by atoms with Gasteiger partial charge in [0, 0.05) is 12.1 Å². The second-order valence-corrected chi connectivity index (χ2v) is 10.4. The number of nitrogens with one attached hydrogen (secondary N) is 3. The molecular weight excluding hydrogens is 602 g/mol. The summed E-state index contributed by atoms with van der Waals surface area (Å²) >= 11 is 6.07. The number of benzene rings is 2. The number of fused-ring (bicyclic) bond motifs is 2. The number of H-pyrrole nitrogens is 3. The average Bonchev–Trinajstić information content (AvgIpc) is 2.92. The standard InChI is InChI=1S/C15H11FN2O3S.C14H9FN2O3S/c1-22-15-17-13(20)12-9(7-11(19)21-14(12)18-15)5-8-3-2-4-10(16)6-8;15-9-3-1-2-7(5-9)4-8-6-10(18)20-13-11(8)12(19)16-14(21)17-13/h2-4,6-7H,5H2,1H3,(H,17,18,20);1-3,5-6H,4H2,(H2,16,17,19,21). The van der Waals surface area contributed by atoms with E-state index in [0.29, 0.717) is 27.4 Å². The maximum absolute atomic E-state index is 13.3. The molecule has 0 aliphatic carbocycles. The van der Waals surface area contributed by atoms with Crippen LogP contribution < -0.4 is 22.4 Å². The largest absolute Gasteiger partial charge is 0.405 e. The molecule has 4 aromatic heterocycles. The van der Waals surface area contributed by atoms with Crippen LogP contribution in [-0.4, -0.2) is 26.2 Å². The first-order valence-corrected chi connectivity index (χ1v) is 14.1. The Balaban J connectivity index is 0.000000171. The molecule has 10 nitrogen and oxygen atoms in total. The van der Waals surface area contributed by atoms with Gasteiger partial charge < -0.3 is 18.8 Å². The molecule has 6 rings (SSSR count). The molecule has 43 heavy (non-hydrogen) atoms. The van der Waals surface area contributed by atoms with Gasteiger partial charge in [-0.25, -0.2) is 18.4 Å². The molecule has 0 saturated carbocycles. The highest BCUT2D eigenvalue weighted by molar-refractivity contribution is 7.98. The molecule has 218 valence electrons. The van der Waals surface area contributed by atoms with Crippen LogP contribution in [0.4, 0.5) is 8.78 Å². The number of hydrogen-bond donors (Lipinski definition) is 3. The van der Waals surface area contributed by atoms with E-state index in [1.165, 1.54) is 48.2 Å². The normalized spacial score (nSPS) is 11.0. The van der Waals surface area contributed by atoms with Gasteiger partial charge in [0.1, 0.15) is 22.4 Å². The van der Waals surface area contributed by atoms with Crippen molar-refractivity contribution in [2.24, 2.45) is 0 Å². The number of rotatable bonds is 5. The Morgan fingerprint density at radius 3 is 1.91 bits per heavy atom. The van der Waals surface area contributed by atoms with E-state index in [4.69, 9.17) is 21.1 Å². The van der Waals surface area contributed by atoms with E-state index in [-0.39, 0.29) is 57.0 Å². The highest BCUT2D eigenvalue weighted by Gasteiger charge is 2.14. The smallest absolute Gasteiger partial charge is 0.337 e. The highest BCUT2D eigenvalue weighted by Crippen LogP contribution is 2.18. The predicted molar refractivity (Wildman–Crippen MR) is 159 cm³/mol. The summed E-state index contributed by atoms with van der Waals surface area (Å²) in [4.78, 5) is 59.2. The number of aromatic amines is 3. The van der Waals surface area contributed by atoms with Gasteiger partial charge in [-0.05, 0) is 77.8 Å². The van der Waals surface area contributed by atoms with Crippen molar-refractivity contribution < 1.29 is 17.6 Å². The number of thioether (sulfide) groups is 1. The first-order chi connectivity index (χ1) is 20.6. The van der Waals surface area contributed by atoms with Crippen LogP contribution in [0.15, 0.2) is 93.8 Å². The summed E-state index contributed by atoms with van der Waals surface area (Å²) in [5.74, 6) is -0.755. The molecule has 0 atom stereocenters. The molecule has 0 saturated heterocycles. The molecule has 0 unspecified atom stereocenters. The summed E-state index contributed by atoms with van der Waals surface area (Å²) in [6, 6.07) is 14.4. The van der Waals surface area contributed by atoms with Crippen molar-refractivity contribution in [2.75, 3.05) is 6.26 Å². The molecule has 3 N–H and O–H groups in total. The molecule has 0 aliphatic heterocycles. The summed E-state index contributed by atoms with van der Waals surface area (Å²) in [5.41, 5.74) is 0.166. The zero-order chi connectivity index (χ0) is 30.7. The van der Waals surface area contributed by atoms with Gasteiger partial charge in [0.15, 0.2) is 9.93 Å². The Hall–Kier alpha value is -4.95. The summed E-state index contributed by atoms with van der Waals surface area (Å²) in [6.45, 7) is 0. The lowest BCUT2D eigenvalue weighted by Crippen LogP contribution is -2.14. The van der Waals surface area contributed by atoms with E-state index in [2.05, 4.69) is 19.9 Å². The van der Waals surface area contributed by atoms with Crippen LogP contribution in [0.25, 0.3) is 22.2 Å². The minimum Gasteiger partial charge on any atom is -0.405 e. The van der Waals surface area contributed by atoms with Crippen LogP contribution in [0.3, 0.4) is 0 Å². The van der Waals surface area contributed by atoms with Crippen molar-refractivity contribution >= 4 is 46.2 Å². The van der Waals surface area contributed by atoms with Crippen molar-refractivity contribution in [2.45, 2.75) is 18.0 Å². The SMILES string of the molecule is CSc1nc2oc(=O)cc(Cc3cccc(F)c3)c2c(=O)[nH]1.O=c1cc(Cc2cccc(F)c2)c2c(=O)[nH]c(=S)[nH]c2o1. The second kappa shape index (κ2) is 12.5. The molecule has 4 heterocycles. The van der Waals surface area contributed by atoms with Crippen molar-refractivity contribution in [3.05, 3.63) is 141 Å². The molecule has 0 radical (unpaired) electrons. The Morgan fingerprint density at radius 1 is 0.767 bits per heavy atom. The summed E-state index contributed by atoms with van der Waals surface area (Å²) in [6.07, 6.45) is 2.22. The molecule has 14 heteroatoms. The van der Waals surface area contributed by atoms with Gasteiger partial charge in [-0.2, -0.15) is 4.98 Å². The molecule has 0 fully saturated rings. The van der Waals surface area contributed by atoms with Gasteiger partial charge in [-0.15, -0.1) is 0 Å². The lowest BCUT2D eigenvalue weighted by molar-refractivity contribution is 0.541. The topological polar surface area (TPSA) is 155 Å². The zero-order valence-electron chi connectivity index (χ0n) is 22.2. The van der Waals surface area contributed by atoms with Gasteiger partial charge in [-0.3, -0.25) is 14.6 Å². The highest BCUT2D eigenvalue weighted by atomic mass is 32.2. The summed E-state index contributed by atoms with van der Waals surface area (Å²) in [5, 5.41) is 0.776. The number of hydrogen-bond acceptors (Lipinski definition) is 9. The van der Waals surface area contributed by atoms with E-state index in [1.54, 1.807) is 30.5 Å². The summed E-state index contributed by atoms with van der Waals surface area (Å²) < 4.78 is 36.5. The number of aromatic nitrogens is 4. The lowest BCUT2D eigenvalue weighted by atomic mass is 10.0. The zero-order valence-corrected chi connectivity index (χ0v) is 23.8. The first kappa shape index (κ1) is 29.5. The van der Waals surface area contributed by atoms with Gasteiger partial charge in [0.05, 0.1) is 0 Å². The van der Waals surface area contributed by atoms with Gasteiger partial charge in [0.2, 0.25) is 11.4 Å². The lowest BCUT2D eigenvalue weighted by Gasteiger charge is -2.05.